The number of pyridine rings is 1. The van der Waals surface area contributed by atoms with Crippen LogP contribution in [-0.4, -0.2) is 42.0 Å². The number of fused-ring (bicyclic) bond motifs is 1. The fourth-order valence-electron chi connectivity index (χ4n) is 3.99. The molecule has 3 heterocycles. The third-order valence-electron chi connectivity index (χ3n) is 5.57. The number of rotatable bonds is 6. The highest BCUT2D eigenvalue weighted by Gasteiger charge is 2.26. The van der Waals surface area contributed by atoms with Gasteiger partial charge in [0, 0.05) is 29.3 Å². The molecule has 6 nitrogen and oxygen atoms in total. The third-order valence-corrected chi connectivity index (χ3v) is 5.57. The molecule has 29 heavy (non-hydrogen) atoms. The fourth-order valence-corrected chi connectivity index (χ4v) is 3.99. The topological polar surface area (TPSA) is 67.6 Å². The number of amides is 1. The van der Waals surface area contributed by atoms with Crippen LogP contribution < -0.4 is 10.1 Å². The van der Waals surface area contributed by atoms with E-state index in [1.165, 1.54) is 0 Å². The number of carbonyl (C=O) groups is 1. The first-order valence-corrected chi connectivity index (χ1v) is 10.2. The summed E-state index contributed by atoms with van der Waals surface area (Å²) >= 11 is 0. The number of nitrogens with zero attached hydrogens (tertiary/aromatic N) is 2. The quantitative estimate of drug-likeness (QED) is 0.694. The van der Waals surface area contributed by atoms with Crippen molar-refractivity contribution in [1.82, 2.24) is 15.2 Å². The van der Waals surface area contributed by atoms with Gasteiger partial charge >= 0.3 is 0 Å². The number of aromatic nitrogens is 1. The summed E-state index contributed by atoms with van der Waals surface area (Å²) in [6.45, 7) is 2.48. The molecule has 1 aromatic carbocycles. The van der Waals surface area contributed by atoms with E-state index in [1.807, 2.05) is 41.3 Å². The van der Waals surface area contributed by atoms with Gasteiger partial charge in [-0.1, -0.05) is 6.07 Å². The van der Waals surface area contributed by atoms with Crippen LogP contribution in [0.1, 0.15) is 30.5 Å². The maximum Gasteiger partial charge on any atom is 0.227 e. The van der Waals surface area contributed by atoms with Gasteiger partial charge in [0.1, 0.15) is 11.3 Å². The Bertz CT molecular complexity index is 946. The lowest BCUT2D eigenvalue weighted by Gasteiger charge is -2.31. The summed E-state index contributed by atoms with van der Waals surface area (Å²) in [6, 6.07) is 11.8. The summed E-state index contributed by atoms with van der Waals surface area (Å²) < 4.78 is 10.9. The van der Waals surface area contributed by atoms with Crippen molar-refractivity contribution >= 4 is 16.9 Å². The molecule has 4 rings (SSSR count). The average Bonchev–Trinajstić information content (AvgIpc) is 2.96. The van der Waals surface area contributed by atoms with Gasteiger partial charge in [0.2, 0.25) is 5.91 Å². The molecule has 6 heteroatoms. The number of benzene rings is 1. The Balaban J connectivity index is 1.57. The number of nitrogens with one attached hydrogen (secondary N) is 1. The van der Waals surface area contributed by atoms with Gasteiger partial charge in [-0.2, -0.15) is 0 Å². The Labute approximate surface area is 170 Å². The van der Waals surface area contributed by atoms with Crippen LogP contribution in [0.3, 0.4) is 0 Å². The molecule has 1 atom stereocenters. The lowest BCUT2D eigenvalue weighted by Crippen LogP contribution is -2.41. The second-order valence-corrected chi connectivity index (χ2v) is 7.48. The van der Waals surface area contributed by atoms with Crippen molar-refractivity contribution in [2.24, 2.45) is 0 Å². The van der Waals surface area contributed by atoms with Gasteiger partial charge in [-0.15, -0.1) is 0 Å². The Kier molecular flexibility index (Phi) is 6.10. The predicted molar refractivity (Wildman–Crippen MR) is 112 cm³/mol. The SMILES string of the molecule is COc1ccc2c(CC(=O)N(Cc3ccccn3)C3CCCNCC3)coc2c1. The zero-order valence-electron chi connectivity index (χ0n) is 16.8. The summed E-state index contributed by atoms with van der Waals surface area (Å²) in [6.07, 6.45) is 6.83. The van der Waals surface area contributed by atoms with Crippen molar-refractivity contribution < 1.29 is 13.9 Å². The first-order chi connectivity index (χ1) is 14.2. The van der Waals surface area contributed by atoms with Gasteiger partial charge in [-0.3, -0.25) is 9.78 Å². The summed E-state index contributed by atoms with van der Waals surface area (Å²) in [5, 5.41) is 4.39. The van der Waals surface area contributed by atoms with Gasteiger partial charge in [-0.25, -0.2) is 0 Å². The van der Waals surface area contributed by atoms with E-state index in [2.05, 4.69) is 10.3 Å². The Morgan fingerprint density at radius 1 is 1.28 bits per heavy atom. The van der Waals surface area contributed by atoms with E-state index in [4.69, 9.17) is 9.15 Å². The smallest absolute Gasteiger partial charge is 0.227 e. The third kappa shape index (κ3) is 4.59. The Hall–Kier alpha value is -2.86. The highest BCUT2D eigenvalue weighted by Crippen LogP contribution is 2.27. The van der Waals surface area contributed by atoms with Gasteiger partial charge in [0.05, 0.1) is 32.0 Å². The zero-order chi connectivity index (χ0) is 20.1. The summed E-state index contributed by atoms with van der Waals surface area (Å²) in [5.74, 6) is 0.855. The number of ether oxygens (including phenoxy) is 1. The molecule has 1 amide bonds. The zero-order valence-corrected chi connectivity index (χ0v) is 16.8. The normalized spacial score (nSPS) is 17.1. The average molecular weight is 393 g/mol. The lowest BCUT2D eigenvalue weighted by molar-refractivity contribution is -0.133. The number of methoxy groups -OCH3 is 1. The van der Waals surface area contributed by atoms with Gasteiger partial charge < -0.3 is 19.4 Å². The minimum atomic E-state index is 0.112. The van der Waals surface area contributed by atoms with Crippen molar-refractivity contribution in [1.29, 1.82) is 0 Å². The fraction of sp³-hybridized carbons (Fsp3) is 0.391. The van der Waals surface area contributed by atoms with Crippen molar-refractivity contribution in [2.45, 2.75) is 38.3 Å². The minimum absolute atomic E-state index is 0.112. The molecule has 0 radical (unpaired) electrons. The van der Waals surface area contributed by atoms with Gasteiger partial charge in [0.15, 0.2) is 0 Å². The van der Waals surface area contributed by atoms with Crippen LogP contribution in [-0.2, 0) is 17.8 Å². The molecule has 0 saturated carbocycles. The predicted octanol–water partition coefficient (Wildman–Crippen LogP) is 3.55. The summed E-state index contributed by atoms with van der Waals surface area (Å²) in [4.78, 5) is 19.9. The van der Waals surface area contributed by atoms with E-state index in [-0.39, 0.29) is 11.9 Å². The van der Waals surface area contributed by atoms with Crippen molar-refractivity contribution in [3.8, 4) is 5.75 Å². The summed E-state index contributed by atoms with van der Waals surface area (Å²) in [5.41, 5.74) is 2.56. The van der Waals surface area contributed by atoms with Crippen LogP contribution >= 0.6 is 0 Å². The number of hydrogen-bond acceptors (Lipinski definition) is 5. The molecule has 0 aliphatic carbocycles. The van der Waals surface area contributed by atoms with E-state index < -0.39 is 0 Å². The molecular weight excluding hydrogens is 366 g/mol. The first kappa shape index (κ1) is 19.5. The second-order valence-electron chi connectivity index (χ2n) is 7.48. The van der Waals surface area contributed by atoms with Gasteiger partial charge in [-0.05, 0) is 56.6 Å². The van der Waals surface area contributed by atoms with E-state index >= 15 is 0 Å². The molecule has 0 spiro atoms. The highest BCUT2D eigenvalue weighted by molar-refractivity contribution is 5.88. The maximum atomic E-state index is 13.4. The molecule has 152 valence electrons. The molecule has 1 unspecified atom stereocenters. The van der Waals surface area contributed by atoms with E-state index in [1.54, 1.807) is 19.6 Å². The molecule has 1 saturated heterocycles. The van der Waals surface area contributed by atoms with Crippen LogP contribution in [0.25, 0.3) is 11.0 Å². The first-order valence-electron chi connectivity index (χ1n) is 10.2. The standard InChI is InChI=1S/C23H27N3O3/c1-28-20-7-8-21-17(16-29-22(21)14-20)13-23(27)26(15-18-5-2-3-11-25-18)19-6-4-10-24-12-9-19/h2-3,5,7-8,11,14,16,19,24H,4,6,9-10,12-13,15H2,1H3. The van der Waals surface area contributed by atoms with Crippen LogP contribution in [0, 0.1) is 0 Å². The monoisotopic (exact) mass is 393 g/mol. The van der Waals surface area contributed by atoms with Crippen molar-refractivity contribution in [3.63, 3.8) is 0 Å². The Morgan fingerprint density at radius 2 is 2.21 bits per heavy atom. The van der Waals surface area contributed by atoms with Crippen molar-refractivity contribution in [3.05, 3.63) is 60.1 Å². The molecule has 1 N–H and O–H groups in total. The number of carbonyl (C=O) groups excluding carboxylic acids is 1. The van der Waals surface area contributed by atoms with Crippen LogP contribution in [0.15, 0.2) is 53.3 Å². The van der Waals surface area contributed by atoms with Crippen LogP contribution in [0.2, 0.25) is 0 Å². The lowest BCUT2D eigenvalue weighted by atomic mass is 10.0. The molecule has 0 bridgehead atoms. The Morgan fingerprint density at radius 3 is 3.03 bits per heavy atom. The highest BCUT2D eigenvalue weighted by atomic mass is 16.5. The molecule has 3 aromatic rings. The van der Waals surface area contributed by atoms with E-state index in [0.29, 0.717) is 13.0 Å². The second kappa shape index (κ2) is 9.09. The van der Waals surface area contributed by atoms with Crippen LogP contribution in [0.5, 0.6) is 5.75 Å². The van der Waals surface area contributed by atoms with Crippen molar-refractivity contribution in [2.75, 3.05) is 20.2 Å². The maximum absolute atomic E-state index is 13.4. The number of furan rings is 1. The summed E-state index contributed by atoms with van der Waals surface area (Å²) in [7, 11) is 1.63. The van der Waals surface area contributed by atoms with E-state index in [0.717, 1.165) is 60.3 Å². The molecular formula is C23H27N3O3. The van der Waals surface area contributed by atoms with E-state index in [9.17, 15) is 4.79 Å². The van der Waals surface area contributed by atoms with Gasteiger partial charge in [0.25, 0.3) is 0 Å². The minimum Gasteiger partial charge on any atom is -0.497 e. The molecule has 1 aliphatic heterocycles. The molecule has 1 aliphatic rings. The number of hydrogen-bond donors (Lipinski definition) is 1. The molecule has 2 aromatic heterocycles. The van der Waals surface area contributed by atoms with Crippen LogP contribution in [0.4, 0.5) is 0 Å². The largest absolute Gasteiger partial charge is 0.497 e. The molecule has 1 fully saturated rings.